The second-order valence-corrected chi connectivity index (χ2v) is 6.58. The van der Waals surface area contributed by atoms with E-state index in [1.54, 1.807) is 26.4 Å². The van der Waals surface area contributed by atoms with Gasteiger partial charge in [-0.25, -0.2) is 0 Å². The van der Waals surface area contributed by atoms with Gasteiger partial charge in [-0.3, -0.25) is 4.79 Å². The minimum Gasteiger partial charge on any atom is -0.496 e. The maximum atomic E-state index is 12.9. The van der Waals surface area contributed by atoms with Gasteiger partial charge in [-0.15, -0.1) is 0 Å². The Morgan fingerprint density at radius 3 is 2.54 bits per heavy atom. The van der Waals surface area contributed by atoms with Crippen LogP contribution in [0.2, 0.25) is 0 Å². The number of hydrogen-bond acceptors (Lipinski definition) is 3. The number of hydrogen-bond donors (Lipinski definition) is 2. The van der Waals surface area contributed by atoms with Crippen LogP contribution in [0.15, 0.2) is 42.5 Å². The first-order valence-electron chi connectivity index (χ1n) is 8.81. The first-order valence-corrected chi connectivity index (χ1v) is 8.81. The number of methoxy groups -OCH3 is 2. The van der Waals surface area contributed by atoms with Crippen LogP contribution in [-0.2, 0) is 12.8 Å². The highest BCUT2D eigenvalue weighted by atomic mass is 16.5. The number of H-pyrrole nitrogens is 1. The predicted molar refractivity (Wildman–Crippen MR) is 101 cm³/mol. The second kappa shape index (κ2) is 6.75. The van der Waals surface area contributed by atoms with Gasteiger partial charge in [0.2, 0.25) is 0 Å². The summed E-state index contributed by atoms with van der Waals surface area (Å²) >= 11 is 0. The Hall–Kier alpha value is -2.95. The van der Waals surface area contributed by atoms with Crippen LogP contribution in [0.1, 0.15) is 28.0 Å². The molecule has 0 aliphatic heterocycles. The molecule has 0 saturated heterocycles. The molecule has 5 heteroatoms. The molecule has 0 fully saturated rings. The topological polar surface area (TPSA) is 63.4 Å². The lowest BCUT2D eigenvalue weighted by Gasteiger charge is -2.24. The highest BCUT2D eigenvalue weighted by molar-refractivity contribution is 6.00. The fourth-order valence-corrected chi connectivity index (χ4v) is 3.83. The number of ether oxygens (including phenoxy) is 2. The number of para-hydroxylation sites is 1. The Morgan fingerprint density at radius 1 is 1.08 bits per heavy atom. The molecule has 1 atom stereocenters. The first-order chi connectivity index (χ1) is 12.7. The van der Waals surface area contributed by atoms with E-state index in [0.717, 1.165) is 24.8 Å². The molecular formula is C21H22N2O3. The number of benzene rings is 2. The van der Waals surface area contributed by atoms with Gasteiger partial charge in [0.1, 0.15) is 17.1 Å². The molecule has 2 aromatic carbocycles. The van der Waals surface area contributed by atoms with Crippen LogP contribution in [0.3, 0.4) is 0 Å². The van der Waals surface area contributed by atoms with E-state index in [1.807, 2.05) is 12.1 Å². The second-order valence-electron chi connectivity index (χ2n) is 6.58. The molecular weight excluding hydrogens is 328 g/mol. The van der Waals surface area contributed by atoms with Crippen molar-refractivity contribution in [3.05, 3.63) is 59.3 Å². The Morgan fingerprint density at radius 2 is 1.81 bits per heavy atom. The summed E-state index contributed by atoms with van der Waals surface area (Å²) in [5, 5.41) is 4.41. The van der Waals surface area contributed by atoms with Gasteiger partial charge in [-0.05, 0) is 43.0 Å². The van der Waals surface area contributed by atoms with Gasteiger partial charge in [0.15, 0.2) is 0 Å². The lowest BCUT2D eigenvalue weighted by Crippen LogP contribution is -2.39. The van der Waals surface area contributed by atoms with Gasteiger partial charge in [-0.1, -0.05) is 24.3 Å². The van der Waals surface area contributed by atoms with E-state index < -0.39 is 0 Å². The van der Waals surface area contributed by atoms with Crippen LogP contribution >= 0.6 is 0 Å². The molecule has 3 aromatic rings. The summed E-state index contributed by atoms with van der Waals surface area (Å²) in [5.74, 6) is 0.878. The van der Waals surface area contributed by atoms with Crippen molar-refractivity contribution < 1.29 is 14.3 Å². The van der Waals surface area contributed by atoms with Crippen molar-refractivity contribution in [2.24, 2.45) is 0 Å². The lowest BCUT2D eigenvalue weighted by atomic mass is 9.91. The summed E-state index contributed by atoms with van der Waals surface area (Å²) in [6, 6.07) is 13.8. The van der Waals surface area contributed by atoms with Crippen molar-refractivity contribution in [1.29, 1.82) is 0 Å². The van der Waals surface area contributed by atoms with E-state index >= 15 is 0 Å². The van der Waals surface area contributed by atoms with E-state index in [-0.39, 0.29) is 11.9 Å². The van der Waals surface area contributed by atoms with Crippen molar-refractivity contribution in [3.8, 4) is 11.5 Å². The molecule has 1 aliphatic rings. The molecule has 0 bridgehead atoms. The summed E-state index contributed by atoms with van der Waals surface area (Å²) in [6.45, 7) is 0. The van der Waals surface area contributed by atoms with Crippen LogP contribution in [0.25, 0.3) is 10.9 Å². The summed E-state index contributed by atoms with van der Waals surface area (Å²) in [5.41, 5.74) is 4.20. The minimum absolute atomic E-state index is 0.0869. The zero-order chi connectivity index (χ0) is 18.1. The molecule has 1 heterocycles. The van der Waals surface area contributed by atoms with E-state index in [0.29, 0.717) is 17.1 Å². The molecule has 2 N–H and O–H groups in total. The van der Waals surface area contributed by atoms with Crippen molar-refractivity contribution in [2.45, 2.75) is 25.3 Å². The average molecular weight is 350 g/mol. The standard InChI is InChI=1S/C21H22N2O3/c1-25-18-8-5-9-19(26-2)20(18)21(24)22-13-10-11-17-15(12-13)14-6-3-4-7-16(14)23-17/h3-9,13,23H,10-12H2,1-2H3,(H,22,24). The van der Waals surface area contributed by atoms with Crippen LogP contribution in [0, 0.1) is 0 Å². The van der Waals surface area contributed by atoms with Gasteiger partial charge in [0.05, 0.1) is 14.2 Å². The summed E-state index contributed by atoms with van der Waals surface area (Å²) in [7, 11) is 3.12. The molecule has 5 nitrogen and oxygen atoms in total. The molecule has 1 amide bonds. The van der Waals surface area contributed by atoms with E-state index in [2.05, 4.69) is 28.5 Å². The number of aromatic amines is 1. The zero-order valence-electron chi connectivity index (χ0n) is 15.0. The quantitative estimate of drug-likeness (QED) is 0.757. The summed E-state index contributed by atoms with van der Waals surface area (Å²) in [4.78, 5) is 16.4. The molecule has 1 aliphatic carbocycles. The maximum Gasteiger partial charge on any atom is 0.259 e. The van der Waals surface area contributed by atoms with Crippen LogP contribution in [-0.4, -0.2) is 31.2 Å². The number of aryl methyl sites for hydroxylation is 1. The number of amides is 1. The smallest absolute Gasteiger partial charge is 0.259 e. The Kier molecular flexibility index (Phi) is 4.29. The van der Waals surface area contributed by atoms with Gasteiger partial charge >= 0.3 is 0 Å². The monoisotopic (exact) mass is 350 g/mol. The third-order valence-electron chi connectivity index (χ3n) is 5.09. The minimum atomic E-state index is -0.160. The van der Waals surface area contributed by atoms with Crippen molar-refractivity contribution >= 4 is 16.8 Å². The molecule has 1 aromatic heterocycles. The lowest BCUT2D eigenvalue weighted by molar-refractivity contribution is 0.0927. The Balaban J connectivity index is 1.58. The number of carbonyl (C=O) groups excluding carboxylic acids is 1. The van der Waals surface area contributed by atoms with Crippen molar-refractivity contribution in [2.75, 3.05) is 14.2 Å². The van der Waals surface area contributed by atoms with Crippen LogP contribution in [0.4, 0.5) is 0 Å². The molecule has 134 valence electrons. The molecule has 0 spiro atoms. The molecule has 26 heavy (non-hydrogen) atoms. The fraction of sp³-hybridized carbons (Fsp3) is 0.286. The Labute approximate surface area is 152 Å². The number of aromatic nitrogens is 1. The van der Waals surface area contributed by atoms with Gasteiger partial charge < -0.3 is 19.8 Å². The first kappa shape index (κ1) is 16.5. The largest absolute Gasteiger partial charge is 0.496 e. The third kappa shape index (κ3) is 2.79. The van der Waals surface area contributed by atoms with Crippen LogP contribution < -0.4 is 14.8 Å². The SMILES string of the molecule is COc1cccc(OC)c1C(=O)NC1CCc2[nH]c3ccccc3c2C1. The molecule has 0 saturated carbocycles. The Bertz CT molecular complexity index is 939. The maximum absolute atomic E-state index is 12.9. The predicted octanol–water partition coefficient (Wildman–Crippen LogP) is 3.47. The highest BCUT2D eigenvalue weighted by Gasteiger charge is 2.26. The average Bonchev–Trinajstić information content (AvgIpc) is 3.05. The number of carbonyl (C=O) groups is 1. The van der Waals surface area contributed by atoms with Crippen molar-refractivity contribution in [3.63, 3.8) is 0 Å². The molecule has 0 radical (unpaired) electrons. The third-order valence-corrected chi connectivity index (χ3v) is 5.09. The summed E-state index contributed by atoms with van der Waals surface area (Å²) < 4.78 is 10.7. The van der Waals surface area contributed by atoms with Gasteiger partial charge in [-0.2, -0.15) is 0 Å². The van der Waals surface area contributed by atoms with E-state index in [4.69, 9.17) is 9.47 Å². The van der Waals surface area contributed by atoms with Gasteiger partial charge in [0.25, 0.3) is 5.91 Å². The molecule has 4 rings (SSSR count). The zero-order valence-corrected chi connectivity index (χ0v) is 15.0. The number of nitrogens with one attached hydrogen (secondary N) is 2. The number of fused-ring (bicyclic) bond motifs is 3. The molecule has 1 unspecified atom stereocenters. The normalized spacial score (nSPS) is 16.2. The van der Waals surface area contributed by atoms with E-state index in [9.17, 15) is 4.79 Å². The van der Waals surface area contributed by atoms with Crippen molar-refractivity contribution in [1.82, 2.24) is 10.3 Å². The van der Waals surface area contributed by atoms with Crippen LogP contribution in [0.5, 0.6) is 11.5 Å². The van der Waals surface area contributed by atoms with Gasteiger partial charge in [0, 0.05) is 22.6 Å². The highest BCUT2D eigenvalue weighted by Crippen LogP contribution is 2.31. The fourth-order valence-electron chi connectivity index (χ4n) is 3.83. The van der Waals surface area contributed by atoms with E-state index in [1.165, 1.54) is 16.6 Å². The summed E-state index contributed by atoms with van der Waals surface area (Å²) in [6.07, 6.45) is 2.66. The number of rotatable bonds is 4.